The third-order valence-corrected chi connectivity index (χ3v) is 5.53. The number of anilines is 2. The second-order valence-electron chi connectivity index (χ2n) is 8.03. The molecule has 5 rings (SSSR count). The summed E-state index contributed by atoms with van der Waals surface area (Å²) < 4.78 is 38.8. The van der Waals surface area contributed by atoms with Gasteiger partial charge in [0.2, 0.25) is 0 Å². The van der Waals surface area contributed by atoms with E-state index in [0.29, 0.717) is 18.8 Å². The fourth-order valence-corrected chi connectivity index (χ4v) is 3.73. The molecule has 1 aliphatic rings. The number of furan rings is 1. The summed E-state index contributed by atoms with van der Waals surface area (Å²) in [5.74, 6) is -1.32. The van der Waals surface area contributed by atoms with Gasteiger partial charge in [-0.15, -0.1) is 0 Å². The van der Waals surface area contributed by atoms with Crippen LogP contribution in [-0.4, -0.2) is 55.7 Å². The van der Waals surface area contributed by atoms with Crippen LogP contribution < -0.4 is 5.32 Å². The maximum absolute atomic E-state index is 12.4. The SMILES string of the molecule is O=C(O)C(F)(F)F.O=C(c1ccco1)N1CCC(c2nc3ccc(Nc4ccccc4)cn3n2)CC1. The van der Waals surface area contributed by atoms with Crippen molar-refractivity contribution in [1.29, 1.82) is 0 Å². The molecule has 1 amide bonds. The molecule has 1 saturated heterocycles. The first-order valence-electron chi connectivity index (χ1n) is 11.0. The maximum Gasteiger partial charge on any atom is 0.490 e. The molecular weight excluding hydrogens is 479 g/mol. The van der Waals surface area contributed by atoms with E-state index in [1.54, 1.807) is 12.1 Å². The number of nitrogens with zero attached hydrogens (tertiary/aromatic N) is 4. The fourth-order valence-electron chi connectivity index (χ4n) is 3.73. The molecule has 9 nitrogen and oxygen atoms in total. The van der Waals surface area contributed by atoms with Crippen molar-refractivity contribution in [2.75, 3.05) is 18.4 Å². The Bertz CT molecular complexity index is 1310. The maximum atomic E-state index is 12.4. The minimum absolute atomic E-state index is 0.0481. The average Bonchev–Trinajstić information content (AvgIpc) is 3.54. The van der Waals surface area contributed by atoms with Gasteiger partial charge in [-0.1, -0.05) is 18.2 Å². The average molecular weight is 501 g/mol. The number of benzene rings is 1. The van der Waals surface area contributed by atoms with Gasteiger partial charge in [0.15, 0.2) is 17.2 Å². The van der Waals surface area contributed by atoms with Gasteiger partial charge in [-0.2, -0.15) is 18.3 Å². The van der Waals surface area contributed by atoms with E-state index in [4.69, 9.17) is 24.4 Å². The van der Waals surface area contributed by atoms with Crippen LogP contribution in [0, 0.1) is 0 Å². The highest BCUT2D eigenvalue weighted by molar-refractivity contribution is 5.91. The van der Waals surface area contributed by atoms with Crippen LogP contribution >= 0.6 is 0 Å². The molecule has 1 aliphatic heterocycles. The first-order valence-corrected chi connectivity index (χ1v) is 11.0. The molecule has 3 aromatic heterocycles. The van der Waals surface area contributed by atoms with Crippen molar-refractivity contribution >= 4 is 28.9 Å². The molecule has 0 saturated carbocycles. The highest BCUT2D eigenvalue weighted by atomic mass is 19.4. The number of amides is 1. The van der Waals surface area contributed by atoms with Gasteiger partial charge < -0.3 is 19.7 Å². The second-order valence-corrected chi connectivity index (χ2v) is 8.03. The lowest BCUT2D eigenvalue weighted by atomic mass is 9.96. The van der Waals surface area contributed by atoms with E-state index in [1.165, 1.54) is 6.26 Å². The number of aliphatic carboxylic acids is 1. The number of rotatable bonds is 4. The van der Waals surface area contributed by atoms with Crippen molar-refractivity contribution in [2.45, 2.75) is 24.9 Å². The molecule has 36 heavy (non-hydrogen) atoms. The third kappa shape index (κ3) is 6.01. The lowest BCUT2D eigenvalue weighted by Crippen LogP contribution is -2.37. The number of para-hydroxylation sites is 1. The first kappa shape index (κ1) is 24.8. The Morgan fingerprint density at radius 1 is 1.00 bits per heavy atom. The quantitative estimate of drug-likeness (QED) is 0.416. The Morgan fingerprint density at radius 2 is 1.69 bits per heavy atom. The number of carbonyl (C=O) groups is 2. The lowest BCUT2D eigenvalue weighted by molar-refractivity contribution is -0.192. The molecule has 1 aromatic carbocycles. The van der Waals surface area contributed by atoms with Crippen LogP contribution in [0.4, 0.5) is 24.5 Å². The van der Waals surface area contributed by atoms with Crippen LogP contribution in [0.25, 0.3) is 5.65 Å². The summed E-state index contributed by atoms with van der Waals surface area (Å²) in [6, 6.07) is 17.5. The lowest BCUT2D eigenvalue weighted by Gasteiger charge is -2.30. The molecule has 0 bridgehead atoms. The van der Waals surface area contributed by atoms with Crippen LogP contribution in [-0.2, 0) is 4.79 Å². The number of piperidine rings is 1. The number of halogens is 3. The molecule has 0 aliphatic carbocycles. The summed E-state index contributed by atoms with van der Waals surface area (Å²) in [6.07, 6.45) is 0.0901. The predicted molar refractivity (Wildman–Crippen MR) is 123 cm³/mol. The number of fused-ring (bicyclic) bond motifs is 1. The number of alkyl halides is 3. The van der Waals surface area contributed by atoms with E-state index < -0.39 is 12.1 Å². The van der Waals surface area contributed by atoms with Crippen molar-refractivity contribution in [3.05, 3.63) is 78.6 Å². The summed E-state index contributed by atoms with van der Waals surface area (Å²) in [5.41, 5.74) is 2.81. The summed E-state index contributed by atoms with van der Waals surface area (Å²) in [5, 5.41) is 15.2. The standard InChI is InChI=1S/C22H21N5O2.C2HF3O2/c28-22(19-7-4-14-29-19)26-12-10-16(11-13-26)21-24-20-9-8-18(15-27(20)25-21)23-17-5-2-1-3-6-17;3-2(4,5)1(6)7/h1-9,14-16,23H,10-13H2;(H,6,7). The Kier molecular flexibility index (Phi) is 7.23. The van der Waals surface area contributed by atoms with Gasteiger partial charge in [-0.3, -0.25) is 4.79 Å². The Balaban J connectivity index is 0.000000384. The van der Waals surface area contributed by atoms with Crippen LogP contribution in [0.3, 0.4) is 0 Å². The van der Waals surface area contributed by atoms with E-state index in [1.807, 2.05) is 58.1 Å². The molecule has 4 aromatic rings. The van der Waals surface area contributed by atoms with Gasteiger partial charge >= 0.3 is 12.1 Å². The summed E-state index contributed by atoms with van der Waals surface area (Å²) >= 11 is 0. The van der Waals surface area contributed by atoms with Crippen LogP contribution in [0.1, 0.15) is 35.1 Å². The minimum Gasteiger partial charge on any atom is -0.475 e. The largest absolute Gasteiger partial charge is 0.490 e. The smallest absolute Gasteiger partial charge is 0.475 e. The normalized spacial score (nSPS) is 14.2. The minimum atomic E-state index is -5.08. The van der Waals surface area contributed by atoms with Crippen molar-refractivity contribution < 1.29 is 32.3 Å². The summed E-state index contributed by atoms with van der Waals surface area (Å²) in [7, 11) is 0. The number of hydrogen-bond donors (Lipinski definition) is 2. The summed E-state index contributed by atoms with van der Waals surface area (Å²) in [6.45, 7) is 1.36. The van der Waals surface area contributed by atoms with Gasteiger partial charge in [0.05, 0.1) is 18.1 Å². The second kappa shape index (κ2) is 10.5. The van der Waals surface area contributed by atoms with Crippen molar-refractivity contribution in [3.63, 3.8) is 0 Å². The molecule has 0 atom stereocenters. The van der Waals surface area contributed by atoms with Crippen LogP contribution in [0.2, 0.25) is 0 Å². The molecule has 1 fully saturated rings. The molecule has 2 N–H and O–H groups in total. The fraction of sp³-hybridized carbons (Fsp3) is 0.250. The van der Waals surface area contributed by atoms with E-state index in [0.717, 1.165) is 35.7 Å². The molecule has 188 valence electrons. The van der Waals surface area contributed by atoms with Crippen LogP contribution in [0.15, 0.2) is 71.5 Å². The van der Waals surface area contributed by atoms with E-state index in [-0.39, 0.29) is 11.8 Å². The van der Waals surface area contributed by atoms with Gasteiger partial charge in [0, 0.05) is 24.7 Å². The number of likely N-dealkylation sites (tertiary alicyclic amines) is 1. The molecule has 0 unspecified atom stereocenters. The monoisotopic (exact) mass is 501 g/mol. The van der Waals surface area contributed by atoms with E-state index in [2.05, 4.69) is 5.32 Å². The van der Waals surface area contributed by atoms with Gasteiger partial charge in [0.1, 0.15) is 0 Å². The number of hydrogen-bond acceptors (Lipinski definition) is 6. The van der Waals surface area contributed by atoms with Crippen LogP contribution in [0.5, 0.6) is 0 Å². The number of carboxylic acids is 1. The molecule has 4 heterocycles. The number of pyridine rings is 1. The Hall–Kier alpha value is -4.35. The predicted octanol–water partition coefficient (Wildman–Crippen LogP) is 4.72. The highest BCUT2D eigenvalue weighted by Crippen LogP contribution is 2.27. The zero-order valence-electron chi connectivity index (χ0n) is 18.9. The zero-order valence-corrected chi connectivity index (χ0v) is 18.9. The molecule has 12 heteroatoms. The molecule has 0 radical (unpaired) electrons. The summed E-state index contributed by atoms with van der Waals surface area (Å²) in [4.78, 5) is 27.9. The van der Waals surface area contributed by atoms with Crippen molar-refractivity contribution in [3.8, 4) is 0 Å². The first-order chi connectivity index (χ1) is 17.2. The Labute approximate surface area is 203 Å². The van der Waals surface area contributed by atoms with Gasteiger partial charge in [-0.25, -0.2) is 14.3 Å². The van der Waals surface area contributed by atoms with E-state index >= 15 is 0 Å². The molecular formula is C24H22F3N5O4. The van der Waals surface area contributed by atoms with Crippen molar-refractivity contribution in [2.24, 2.45) is 0 Å². The molecule has 0 spiro atoms. The topological polar surface area (TPSA) is 113 Å². The van der Waals surface area contributed by atoms with Crippen molar-refractivity contribution in [1.82, 2.24) is 19.5 Å². The van der Waals surface area contributed by atoms with Gasteiger partial charge in [0.25, 0.3) is 5.91 Å². The number of aromatic nitrogens is 3. The number of carbonyl (C=O) groups excluding carboxylic acids is 1. The zero-order chi connectivity index (χ0) is 25.7. The third-order valence-electron chi connectivity index (χ3n) is 5.53. The van der Waals surface area contributed by atoms with Gasteiger partial charge in [-0.05, 0) is 49.2 Å². The highest BCUT2D eigenvalue weighted by Gasteiger charge is 2.38. The van der Waals surface area contributed by atoms with E-state index in [9.17, 15) is 18.0 Å². The number of carboxylic acid groups (broad SMARTS) is 1. The number of nitrogens with one attached hydrogen (secondary N) is 1. The Morgan fingerprint density at radius 3 is 2.31 bits per heavy atom.